The van der Waals surface area contributed by atoms with Gasteiger partial charge in [-0.2, -0.15) is 0 Å². The van der Waals surface area contributed by atoms with Crippen molar-refractivity contribution < 1.29 is 13.2 Å². The Morgan fingerprint density at radius 1 is 1.00 bits per heavy atom. The van der Waals surface area contributed by atoms with Gasteiger partial charge in [0.1, 0.15) is 0 Å². The minimum atomic E-state index is -4.08. The minimum Gasteiger partial charge on any atom is -0.360 e. The Morgan fingerprint density at radius 3 is 2.45 bits per heavy atom. The van der Waals surface area contributed by atoms with E-state index in [0.717, 1.165) is 22.4 Å². The number of nitrogens with zero attached hydrogens (tertiary/aromatic N) is 1. The number of rotatable bonds is 4. The molecule has 0 fully saturated rings. The quantitative estimate of drug-likeness (QED) is 0.535. The minimum absolute atomic E-state index is 0.0879. The van der Waals surface area contributed by atoms with Gasteiger partial charge >= 0.3 is 0 Å². The topological polar surface area (TPSA) is 66.5 Å². The molecule has 0 aliphatic carbocycles. The fraction of sp³-hybridized carbons (Fsp3) is 0.125. The van der Waals surface area contributed by atoms with E-state index in [-0.39, 0.29) is 11.4 Å². The third-order valence-electron chi connectivity index (χ3n) is 5.20. The maximum Gasteiger partial charge on any atom is 0.270 e. The molecule has 0 saturated heterocycles. The first kappa shape index (κ1) is 21.2. The number of para-hydroxylation sites is 1. The summed E-state index contributed by atoms with van der Waals surface area (Å²) in [4.78, 5) is 12.8. The molecule has 3 aromatic carbocycles. The van der Waals surface area contributed by atoms with E-state index >= 15 is 0 Å². The van der Waals surface area contributed by atoms with Gasteiger partial charge in [0.05, 0.1) is 12.2 Å². The third kappa shape index (κ3) is 4.09. The lowest BCUT2D eigenvalue weighted by Crippen LogP contribution is -2.39. The number of benzene rings is 3. The smallest absolute Gasteiger partial charge is 0.270 e. The molecule has 1 aliphatic rings. The van der Waals surface area contributed by atoms with Crippen molar-refractivity contribution in [3.8, 4) is 0 Å². The number of Topliss-reactive ketones (excluding diaryl/α,β-unsaturated/α-hetero) is 1. The first-order valence-corrected chi connectivity index (χ1v) is 11.5. The summed E-state index contributed by atoms with van der Waals surface area (Å²) in [7, 11) is -4.08. The zero-order valence-corrected chi connectivity index (χ0v) is 18.7. The fourth-order valence-electron chi connectivity index (χ4n) is 3.48. The number of aryl methyl sites for hydroxylation is 2. The van der Waals surface area contributed by atoms with Crippen molar-refractivity contribution in [2.75, 3.05) is 9.62 Å². The van der Waals surface area contributed by atoms with Crippen LogP contribution in [0.3, 0.4) is 0 Å². The predicted molar refractivity (Wildman–Crippen MR) is 125 cm³/mol. The number of halogens is 1. The molecule has 3 aromatic rings. The fourth-order valence-corrected chi connectivity index (χ4v) is 5.13. The zero-order chi connectivity index (χ0) is 22.2. The average Bonchev–Trinajstić information content (AvgIpc) is 2.74. The van der Waals surface area contributed by atoms with Crippen LogP contribution in [0, 0.1) is 13.8 Å². The molecular weight excluding hydrogens is 432 g/mol. The molecule has 0 bridgehead atoms. The van der Waals surface area contributed by atoms with Crippen molar-refractivity contribution in [2.45, 2.75) is 20.4 Å². The Balaban J connectivity index is 1.79. The van der Waals surface area contributed by atoms with Crippen LogP contribution in [0.15, 0.2) is 77.8 Å². The number of nitrogens with one attached hydrogen (secondary N) is 1. The van der Waals surface area contributed by atoms with Crippen LogP contribution in [0.2, 0.25) is 5.02 Å². The number of sulfonamides is 1. The van der Waals surface area contributed by atoms with Gasteiger partial charge in [-0.1, -0.05) is 48.0 Å². The predicted octanol–water partition coefficient (Wildman–Crippen LogP) is 5.44. The lowest BCUT2D eigenvalue weighted by molar-refractivity contribution is 0.104. The Morgan fingerprint density at radius 2 is 1.71 bits per heavy atom. The van der Waals surface area contributed by atoms with Crippen molar-refractivity contribution >= 4 is 38.8 Å². The Kier molecular flexibility index (Phi) is 5.60. The van der Waals surface area contributed by atoms with E-state index in [1.807, 2.05) is 32.0 Å². The zero-order valence-electron chi connectivity index (χ0n) is 17.1. The van der Waals surface area contributed by atoms with E-state index in [9.17, 15) is 13.2 Å². The molecule has 0 aromatic heterocycles. The van der Waals surface area contributed by atoms with Gasteiger partial charge in [-0.3, -0.25) is 9.10 Å². The molecule has 31 heavy (non-hydrogen) atoms. The molecule has 0 atom stereocenters. The molecule has 5 nitrogen and oxygen atoms in total. The summed E-state index contributed by atoms with van der Waals surface area (Å²) in [6.45, 7) is 3.95. The van der Waals surface area contributed by atoms with E-state index in [1.165, 1.54) is 10.5 Å². The molecule has 0 amide bonds. The van der Waals surface area contributed by atoms with Gasteiger partial charge in [-0.05, 0) is 60.9 Å². The number of anilines is 2. The second-order valence-corrected chi connectivity index (χ2v) is 9.72. The lowest BCUT2D eigenvalue weighted by Gasteiger charge is -2.31. The summed E-state index contributed by atoms with van der Waals surface area (Å²) < 4.78 is 28.3. The number of carbonyl (C=O) groups is 1. The van der Waals surface area contributed by atoms with Gasteiger partial charge in [-0.25, -0.2) is 8.42 Å². The highest BCUT2D eigenvalue weighted by Crippen LogP contribution is 2.36. The van der Waals surface area contributed by atoms with Crippen molar-refractivity contribution in [1.29, 1.82) is 0 Å². The maximum atomic E-state index is 13.5. The van der Waals surface area contributed by atoms with Crippen LogP contribution in [-0.2, 0) is 16.6 Å². The number of ketones is 1. The molecule has 7 heteroatoms. The average molecular weight is 453 g/mol. The molecule has 1 N–H and O–H groups in total. The summed E-state index contributed by atoms with van der Waals surface area (Å²) in [6, 6.07) is 19.5. The normalized spacial score (nSPS) is 16.3. The van der Waals surface area contributed by atoms with E-state index in [1.54, 1.807) is 48.5 Å². The van der Waals surface area contributed by atoms with Crippen molar-refractivity contribution in [3.63, 3.8) is 0 Å². The van der Waals surface area contributed by atoms with Crippen LogP contribution in [0.4, 0.5) is 11.4 Å². The van der Waals surface area contributed by atoms with Crippen LogP contribution < -0.4 is 9.62 Å². The molecule has 1 heterocycles. The molecule has 0 radical (unpaired) electrons. The number of hydrogen-bond acceptors (Lipinski definition) is 4. The number of carbonyl (C=O) groups excluding carboxylic acids is 1. The summed E-state index contributed by atoms with van der Waals surface area (Å²) in [5, 5.41) is 3.59. The highest BCUT2D eigenvalue weighted by Gasteiger charge is 2.40. The Hall–Kier alpha value is -3.09. The van der Waals surface area contributed by atoms with Crippen LogP contribution in [0.1, 0.15) is 27.0 Å². The van der Waals surface area contributed by atoms with Crippen molar-refractivity contribution in [2.24, 2.45) is 0 Å². The van der Waals surface area contributed by atoms with Crippen LogP contribution in [-0.4, -0.2) is 14.2 Å². The van der Waals surface area contributed by atoms with Crippen molar-refractivity contribution in [3.05, 3.63) is 105 Å². The molecule has 0 unspecified atom stereocenters. The third-order valence-corrected chi connectivity index (χ3v) is 7.22. The number of fused-ring (bicyclic) bond motifs is 1. The van der Waals surface area contributed by atoms with Crippen LogP contribution in [0.5, 0.6) is 0 Å². The summed E-state index contributed by atoms with van der Waals surface area (Å²) in [6.07, 6.45) is 1.30. The molecule has 158 valence electrons. The van der Waals surface area contributed by atoms with Crippen LogP contribution >= 0.6 is 11.6 Å². The first-order valence-electron chi connectivity index (χ1n) is 9.72. The molecule has 0 spiro atoms. The van der Waals surface area contributed by atoms with Gasteiger partial charge in [0.15, 0.2) is 4.91 Å². The summed E-state index contributed by atoms with van der Waals surface area (Å²) in [5.41, 5.74) is 4.20. The highest BCUT2D eigenvalue weighted by molar-refractivity contribution is 7.97. The second-order valence-electron chi connectivity index (χ2n) is 7.46. The first-order chi connectivity index (χ1) is 14.8. The lowest BCUT2D eigenvalue weighted by atomic mass is 10.1. The van der Waals surface area contributed by atoms with Crippen LogP contribution in [0.25, 0.3) is 0 Å². The largest absolute Gasteiger partial charge is 0.360 e. The second kappa shape index (κ2) is 8.21. The Bertz CT molecular complexity index is 1300. The highest BCUT2D eigenvalue weighted by atomic mass is 35.5. The van der Waals surface area contributed by atoms with Gasteiger partial charge < -0.3 is 5.32 Å². The number of hydrogen-bond donors (Lipinski definition) is 1. The summed E-state index contributed by atoms with van der Waals surface area (Å²) in [5.74, 6) is -0.527. The molecule has 1 aliphatic heterocycles. The van der Waals surface area contributed by atoms with E-state index in [4.69, 9.17) is 11.6 Å². The molecule has 0 saturated carbocycles. The standard InChI is InChI=1S/C24H21ClN2O3S/c1-16-7-8-17(2)21(13-16)26-14-23-24(28)20-5-3-4-6-22(20)27(31(23,29)30)15-18-9-11-19(25)12-10-18/h3-14,26H,15H2,1-2H3/b23-14+. The van der Waals surface area contributed by atoms with E-state index in [0.29, 0.717) is 16.3 Å². The summed E-state index contributed by atoms with van der Waals surface area (Å²) >= 11 is 5.96. The number of allylic oxidation sites excluding steroid dienone is 1. The van der Waals surface area contributed by atoms with Crippen molar-refractivity contribution in [1.82, 2.24) is 0 Å². The van der Waals surface area contributed by atoms with Gasteiger partial charge in [-0.15, -0.1) is 0 Å². The molecular formula is C24H21ClN2O3S. The monoisotopic (exact) mass is 452 g/mol. The van der Waals surface area contributed by atoms with Gasteiger partial charge in [0.2, 0.25) is 5.78 Å². The van der Waals surface area contributed by atoms with Gasteiger partial charge in [0, 0.05) is 22.5 Å². The van der Waals surface area contributed by atoms with E-state index < -0.39 is 15.8 Å². The van der Waals surface area contributed by atoms with E-state index in [2.05, 4.69) is 5.32 Å². The molecule has 4 rings (SSSR count). The SMILES string of the molecule is Cc1ccc(C)c(N/C=C2\C(=O)c3ccccc3N(Cc3ccc(Cl)cc3)S2(=O)=O)c1. The Labute approximate surface area is 187 Å². The van der Waals surface area contributed by atoms with Gasteiger partial charge in [0.25, 0.3) is 10.0 Å². The maximum absolute atomic E-state index is 13.5.